The van der Waals surface area contributed by atoms with Crippen molar-refractivity contribution in [1.29, 1.82) is 0 Å². The first-order chi connectivity index (χ1) is 22.7. The molecule has 0 aliphatic heterocycles. The van der Waals surface area contributed by atoms with E-state index in [1.54, 1.807) is 0 Å². The first-order valence-corrected chi connectivity index (χ1v) is 16.8. The summed E-state index contributed by atoms with van der Waals surface area (Å²) in [4.78, 5) is 14.1. The fourth-order valence-electron chi connectivity index (χ4n) is 5.16. The molecule has 4 rings (SSSR count). The van der Waals surface area contributed by atoms with Crippen molar-refractivity contribution in [3.63, 3.8) is 0 Å². The highest BCUT2D eigenvalue weighted by atomic mass is 32.2. The van der Waals surface area contributed by atoms with Gasteiger partial charge in [0.2, 0.25) is 0 Å². The summed E-state index contributed by atoms with van der Waals surface area (Å²) in [6.45, 7) is 20.5. The van der Waals surface area contributed by atoms with Crippen molar-refractivity contribution < 1.29 is 58.2 Å². The molecule has 3 aromatic carbocycles. The molecular weight excluding hydrogens is 717 g/mol. The average molecular weight is 757 g/mol. The van der Waals surface area contributed by atoms with Gasteiger partial charge in [-0.2, -0.15) is 43.9 Å². The molecule has 0 heterocycles. The second-order valence-electron chi connectivity index (χ2n) is 15.4. The van der Waals surface area contributed by atoms with E-state index in [1.165, 1.54) is 31.4 Å². The topological polar surface area (TPSA) is 40.1 Å². The van der Waals surface area contributed by atoms with Crippen LogP contribution in [0.5, 0.6) is 0 Å². The highest BCUT2D eigenvalue weighted by Gasteiger charge is 3.01. The van der Waals surface area contributed by atoms with Crippen LogP contribution in [-0.4, -0.2) is 41.3 Å². The highest BCUT2D eigenvalue weighted by Crippen LogP contribution is 2.69. The molecule has 0 unspecified atom stereocenters. The zero-order chi connectivity index (χ0) is 39.6. The van der Waals surface area contributed by atoms with Crippen LogP contribution < -0.4 is 5.11 Å². The van der Waals surface area contributed by atoms with Crippen LogP contribution in [-0.2, 0) is 31.9 Å². The molecule has 51 heavy (non-hydrogen) atoms. The molecule has 1 fully saturated rings. The molecule has 2 nitrogen and oxygen atoms in total. The maximum Gasteiger partial charge on any atom is 0.384 e. The summed E-state index contributed by atoms with van der Waals surface area (Å²) < 4.78 is 140. The fourth-order valence-corrected chi connectivity index (χ4v) is 7.20. The lowest BCUT2D eigenvalue weighted by Gasteiger charge is -2.52. The summed E-state index contributed by atoms with van der Waals surface area (Å²) in [5, 5.41) is 9.94. The first kappa shape index (κ1) is 42.1. The average Bonchev–Trinajstić information content (AvgIpc) is 2.99. The predicted octanol–water partition coefficient (Wildman–Crippen LogP) is 10.3. The van der Waals surface area contributed by atoms with E-state index >= 15 is 0 Å². The Morgan fingerprint density at radius 1 is 0.431 bits per heavy atom. The van der Waals surface area contributed by atoms with Gasteiger partial charge in [0.15, 0.2) is 14.7 Å². The predicted molar refractivity (Wildman–Crippen MR) is 171 cm³/mol. The van der Waals surface area contributed by atoms with Gasteiger partial charge in [-0.3, -0.25) is 0 Å². The standard InChI is InChI=1S/C30H39S.C7HF11O2/c1-28(2,3)22-10-16-25(17-11-22)31(26-18-12-23(13-19-26)29(4,5)6)27-20-14-24(15-21-27)30(7,8)9;8-2(1(19)20)3(9,10)5(13,14)7(17,18)6(15,16)4(2,11)12/h10-21H,1-9H3;(H,19,20)/q+1;/p-1. The first-order valence-electron chi connectivity index (χ1n) is 15.6. The smallest absolute Gasteiger partial charge is 0.384 e. The van der Waals surface area contributed by atoms with E-state index in [0.717, 1.165) is 0 Å². The molecule has 14 heteroatoms. The fraction of sp³-hybridized carbons (Fsp3) is 0.486. The molecule has 0 aromatic heterocycles. The molecule has 0 amide bonds. The lowest BCUT2D eigenvalue weighted by atomic mass is 9.72. The van der Waals surface area contributed by atoms with E-state index in [9.17, 15) is 58.2 Å². The number of carboxylic acid groups (broad SMARTS) is 1. The monoisotopic (exact) mass is 756 g/mol. The second kappa shape index (κ2) is 13.0. The van der Waals surface area contributed by atoms with E-state index in [1.807, 2.05) is 0 Å². The Morgan fingerprint density at radius 2 is 0.627 bits per heavy atom. The Kier molecular flexibility index (Phi) is 10.7. The lowest BCUT2D eigenvalue weighted by molar-refractivity contribution is -0.487. The summed E-state index contributed by atoms with van der Waals surface area (Å²) in [6, 6.07) is 27.8. The molecule has 1 saturated carbocycles. The van der Waals surface area contributed by atoms with E-state index in [4.69, 9.17) is 0 Å². The third-order valence-electron chi connectivity index (χ3n) is 8.59. The molecule has 0 atom stereocenters. The minimum atomic E-state index is -7.42. The maximum atomic E-state index is 13.1. The van der Waals surface area contributed by atoms with Crippen molar-refractivity contribution in [3.8, 4) is 0 Å². The number of rotatable bonds is 4. The molecule has 0 bridgehead atoms. The van der Waals surface area contributed by atoms with Crippen LogP contribution in [0.2, 0.25) is 0 Å². The number of carboxylic acids is 1. The number of carbonyl (C=O) groups excluding carboxylic acids is 1. The summed E-state index contributed by atoms with van der Waals surface area (Å²) in [5.41, 5.74) is -2.41. The van der Waals surface area contributed by atoms with Gasteiger partial charge in [-0.05, 0) is 69.3 Å². The van der Waals surface area contributed by atoms with Crippen LogP contribution in [0.25, 0.3) is 0 Å². The summed E-state index contributed by atoms with van der Waals surface area (Å²) in [7, 11) is -0.120. The molecule has 0 radical (unpaired) electrons. The van der Waals surface area contributed by atoms with Crippen molar-refractivity contribution in [2.75, 3.05) is 0 Å². The van der Waals surface area contributed by atoms with Crippen molar-refractivity contribution in [3.05, 3.63) is 89.5 Å². The normalized spacial score (nSPS) is 20.3. The number of hydrogen-bond donors (Lipinski definition) is 0. The number of aliphatic carboxylic acids is 1. The van der Waals surface area contributed by atoms with E-state index in [2.05, 4.69) is 135 Å². The van der Waals surface area contributed by atoms with Crippen molar-refractivity contribution in [2.45, 2.75) is 129 Å². The van der Waals surface area contributed by atoms with Gasteiger partial charge < -0.3 is 9.90 Å². The number of benzene rings is 3. The molecular formula is C37H39F11O2S. The Labute approximate surface area is 292 Å². The Hall–Kier alpha value is -3.29. The molecule has 1 aliphatic rings. The number of alkyl halides is 11. The minimum Gasteiger partial charge on any atom is -0.546 e. The van der Waals surface area contributed by atoms with Gasteiger partial charge in [-0.25, -0.2) is 4.39 Å². The van der Waals surface area contributed by atoms with Gasteiger partial charge in [0.25, 0.3) is 5.67 Å². The molecule has 0 N–H and O–H groups in total. The number of halogens is 11. The highest BCUT2D eigenvalue weighted by molar-refractivity contribution is 7.97. The van der Waals surface area contributed by atoms with Crippen LogP contribution in [0.15, 0.2) is 87.5 Å². The Morgan fingerprint density at radius 3 is 0.804 bits per heavy atom. The van der Waals surface area contributed by atoms with Crippen LogP contribution in [0.3, 0.4) is 0 Å². The second-order valence-corrected chi connectivity index (χ2v) is 17.5. The van der Waals surface area contributed by atoms with Gasteiger partial charge in [0.05, 0.1) is 16.9 Å². The van der Waals surface area contributed by atoms with Crippen molar-refractivity contribution in [2.24, 2.45) is 0 Å². The van der Waals surface area contributed by atoms with Gasteiger partial charge >= 0.3 is 29.6 Å². The largest absolute Gasteiger partial charge is 0.546 e. The molecule has 0 saturated heterocycles. The van der Waals surface area contributed by atoms with Gasteiger partial charge in [0.1, 0.15) is 0 Å². The lowest BCUT2D eigenvalue weighted by Crippen LogP contribution is -2.86. The summed E-state index contributed by atoms with van der Waals surface area (Å²) in [5.74, 6) is -41.4. The summed E-state index contributed by atoms with van der Waals surface area (Å²) >= 11 is 0. The Balaban J connectivity index is 0.000000304. The van der Waals surface area contributed by atoms with Gasteiger partial charge in [-0.15, -0.1) is 0 Å². The van der Waals surface area contributed by atoms with Gasteiger partial charge in [0, 0.05) is 0 Å². The molecule has 3 aromatic rings. The zero-order valence-corrected chi connectivity index (χ0v) is 30.1. The molecule has 282 valence electrons. The third kappa shape index (κ3) is 6.85. The van der Waals surface area contributed by atoms with E-state index < -0.39 is 41.3 Å². The van der Waals surface area contributed by atoms with Crippen molar-refractivity contribution in [1.82, 2.24) is 0 Å². The van der Waals surface area contributed by atoms with Gasteiger partial charge in [-0.1, -0.05) is 98.7 Å². The van der Waals surface area contributed by atoms with E-state index in [0.29, 0.717) is 0 Å². The number of carbonyl (C=O) groups is 1. The maximum absolute atomic E-state index is 13.1. The number of hydrogen-bond acceptors (Lipinski definition) is 2. The van der Waals surface area contributed by atoms with Crippen molar-refractivity contribution >= 4 is 16.9 Å². The zero-order valence-electron chi connectivity index (χ0n) is 29.3. The van der Waals surface area contributed by atoms with E-state index in [-0.39, 0.29) is 27.1 Å². The molecule has 1 aliphatic carbocycles. The van der Waals surface area contributed by atoms with Crippen LogP contribution in [0.1, 0.15) is 79.0 Å². The quantitative estimate of drug-likeness (QED) is 0.197. The third-order valence-corrected chi connectivity index (χ3v) is 10.8. The van der Waals surface area contributed by atoms with Crippen LogP contribution in [0.4, 0.5) is 48.3 Å². The minimum absolute atomic E-state index is 0.120. The molecule has 0 spiro atoms. The Bertz CT molecular complexity index is 1530. The van der Waals surface area contributed by atoms with Crippen LogP contribution in [0, 0.1) is 0 Å². The summed E-state index contributed by atoms with van der Waals surface area (Å²) in [6.07, 6.45) is 0. The SMILES string of the molecule is CC(C)(C)c1ccc([S+](c2ccc(C(C)(C)C)cc2)c2ccc(C(C)(C)C)cc2)cc1.O=C([O-])C1(F)C(F)(F)C(F)(F)C(F)(F)C(F)(F)C1(F)F. The van der Waals surface area contributed by atoms with Crippen LogP contribution >= 0.6 is 0 Å².